The maximum absolute atomic E-state index is 12.3. The van der Waals surface area contributed by atoms with Gasteiger partial charge in [-0.3, -0.25) is 9.69 Å². The largest absolute Gasteiger partial charge is 0.398 e. The quantitative estimate of drug-likeness (QED) is 0.380. The van der Waals surface area contributed by atoms with Crippen LogP contribution < -0.4 is 11.1 Å². The predicted molar refractivity (Wildman–Crippen MR) is 131 cm³/mol. The minimum absolute atomic E-state index is 0.0773. The van der Waals surface area contributed by atoms with Gasteiger partial charge in [0.2, 0.25) is 0 Å². The third-order valence-electron chi connectivity index (χ3n) is 6.53. The molecular formula is C28H33N3O. The number of benzene rings is 3. The monoisotopic (exact) mass is 427 g/mol. The van der Waals surface area contributed by atoms with E-state index in [2.05, 4.69) is 70.9 Å². The summed E-state index contributed by atoms with van der Waals surface area (Å²) < 4.78 is 0. The molecule has 0 radical (unpaired) electrons. The SMILES string of the molecule is Nc1ccccc1C(=O)NCCCC1CCN(C(c2ccccc2)c2ccccc2)CC1. The van der Waals surface area contributed by atoms with Crippen LogP contribution in [0.4, 0.5) is 5.69 Å². The normalized spacial score (nSPS) is 15.0. The van der Waals surface area contributed by atoms with Crippen LogP contribution in [0.25, 0.3) is 0 Å². The molecule has 1 amide bonds. The number of piperidine rings is 1. The number of hydrogen-bond donors (Lipinski definition) is 2. The van der Waals surface area contributed by atoms with E-state index in [0.717, 1.165) is 31.8 Å². The highest BCUT2D eigenvalue weighted by atomic mass is 16.1. The van der Waals surface area contributed by atoms with Gasteiger partial charge in [0.1, 0.15) is 0 Å². The number of para-hydroxylation sites is 1. The van der Waals surface area contributed by atoms with E-state index in [1.165, 1.54) is 24.0 Å². The first kappa shape index (κ1) is 22.1. The minimum Gasteiger partial charge on any atom is -0.398 e. The van der Waals surface area contributed by atoms with Gasteiger partial charge in [-0.1, -0.05) is 72.8 Å². The maximum atomic E-state index is 12.3. The molecule has 0 unspecified atom stereocenters. The molecule has 1 aliphatic rings. The van der Waals surface area contributed by atoms with Gasteiger partial charge in [0, 0.05) is 12.2 Å². The van der Waals surface area contributed by atoms with Crippen molar-refractivity contribution in [1.82, 2.24) is 10.2 Å². The number of nitrogens with one attached hydrogen (secondary N) is 1. The Kier molecular flexibility index (Phi) is 7.57. The summed E-state index contributed by atoms with van der Waals surface area (Å²) in [4.78, 5) is 14.9. The van der Waals surface area contributed by atoms with Crippen LogP contribution in [0.15, 0.2) is 84.9 Å². The van der Waals surface area contributed by atoms with Crippen LogP contribution >= 0.6 is 0 Å². The van der Waals surface area contributed by atoms with E-state index in [-0.39, 0.29) is 5.91 Å². The zero-order valence-electron chi connectivity index (χ0n) is 18.6. The van der Waals surface area contributed by atoms with E-state index in [1.807, 2.05) is 12.1 Å². The molecule has 0 saturated carbocycles. The highest BCUT2D eigenvalue weighted by Gasteiger charge is 2.27. The number of hydrogen-bond acceptors (Lipinski definition) is 3. The number of nitrogens with zero attached hydrogens (tertiary/aromatic N) is 1. The lowest BCUT2D eigenvalue weighted by molar-refractivity contribution is 0.0951. The van der Waals surface area contributed by atoms with Crippen LogP contribution in [0, 0.1) is 5.92 Å². The Bertz CT molecular complexity index is 942. The van der Waals surface area contributed by atoms with E-state index in [4.69, 9.17) is 5.73 Å². The molecule has 3 aromatic rings. The Morgan fingerprint density at radius 3 is 2.03 bits per heavy atom. The van der Waals surface area contributed by atoms with Crippen molar-refractivity contribution >= 4 is 11.6 Å². The lowest BCUT2D eigenvalue weighted by Crippen LogP contribution is -2.37. The molecule has 0 atom stereocenters. The topological polar surface area (TPSA) is 58.4 Å². The summed E-state index contributed by atoms with van der Waals surface area (Å²) in [6, 6.07) is 29.2. The van der Waals surface area contributed by atoms with Crippen molar-refractivity contribution in [3.05, 3.63) is 102 Å². The summed E-state index contributed by atoms with van der Waals surface area (Å²) in [5, 5.41) is 3.02. The third kappa shape index (κ3) is 5.57. The number of rotatable bonds is 8. The Labute approximate surface area is 191 Å². The summed E-state index contributed by atoms with van der Waals surface area (Å²) in [6.45, 7) is 2.90. The Morgan fingerprint density at radius 1 is 0.875 bits per heavy atom. The lowest BCUT2D eigenvalue weighted by atomic mass is 9.89. The Morgan fingerprint density at radius 2 is 1.44 bits per heavy atom. The molecule has 3 aromatic carbocycles. The van der Waals surface area contributed by atoms with Crippen LogP contribution in [0.2, 0.25) is 0 Å². The van der Waals surface area contributed by atoms with Crippen molar-refractivity contribution < 1.29 is 4.79 Å². The molecule has 0 aromatic heterocycles. The van der Waals surface area contributed by atoms with Crippen LogP contribution in [0.3, 0.4) is 0 Å². The van der Waals surface area contributed by atoms with Crippen molar-refractivity contribution in [2.45, 2.75) is 31.7 Å². The molecule has 3 N–H and O–H groups in total. The van der Waals surface area contributed by atoms with Crippen LogP contribution in [0.1, 0.15) is 53.2 Å². The maximum Gasteiger partial charge on any atom is 0.253 e. The van der Waals surface area contributed by atoms with Gasteiger partial charge in [-0.25, -0.2) is 0 Å². The zero-order chi connectivity index (χ0) is 22.2. The predicted octanol–water partition coefficient (Wildman–Crippen LogP) is 5.28. The lowest BCUT2D eigenvalue weighted by Gasteiger charge is -2.38. The van der Waals surface area contributed by atoms with Gasteiger partial charge in [0.25, 0.3) is 5.91 Å². The number of likely N-dealkylation sites (tertiary alicyclic amines) is 1. The van der Waals surface area contributed by atoms with Crippen LogP contribution in [-0.4, -0.2) is 30.4 Å². The van der Waals surface area contributed by atoms with Gasteiger partial charge in [0.05, 0.1) is 11.6 Å². The fraction of sp³-hybridized carbons (Fsp3) is 0.321. The smallest absolute Gasteiger partial charge is 0.253 e. The number of carbonyl (C=O) groups excluding carboxylic acids is 1. The van der Waals surface area contributed by atoms with Crippen molar-refractivity contribution in [3.8, 4) is 0 Å². The molecule has 0 aliphatic carbocycles. The summed E-state index contributed by atoms with van der Waals surface area (Å²) in [7, 11) is 0. The molecule has 4 heteroatoms. The molecule has 1 aliphatic heterocycles. The summed E-state index contributed by atoms with van der Waals surface area (Å²) >= 11 is 0. The van der Waals surface area contributed by atoms with Crippen molar-refractivity contribution in [2.75, 3.05) is 25.4 Å². The van der Waals surface area contributed by atoms with Gasteiger partial charge in [-0.05, 0) is 68.0 Å². The van der Waals surface area contributed by atoms with E-state index in [9.17, 15) is 4.79 Å². The van der Waals surface area contributed by atoms with Crippen LogP contribution in [0.5, 0.6) is 0 Å². The third-order valence-corrected chi connectivity index (χ3v) is 6.53. The Balaban J connectivity index is 1.27. The van der Waals surface area contributed by atoms with Gasteiger partial charge in [0.15, 0.2) is 0 Å². The second-order valence-electron chi connectivity index (χ2n) is 8.69. The number of carbonyl (C=O) groups is 1. The highest BCUT2D eigenvalue weighted by Crippen LogP contribution is 2.33. The van der Waals surface area contributed by atoms with Crippen LogP contribution in [-0.2, 0) is 0 Å². The van der Waals surface area contributed by atoms with E-state index in [0.29, 0.717) is 23.8 Å². The number of nitrogen functional groups attached to an aromatic ring is 1. The fourth-order valence-electron chi connectivity index (χ4n) is 4.78. The summed E-state index contributed by atoms with van der Waals surface area (Å²) in [5.74, 6) is 0.642. The van der Waals surface area contributed by atoms with Gasteiger partial charge >= 0.3 is 0 Å². The molecule has 32 heavy (non-hydrogen) atoms. The Hall–Kier alpha value is -3.11. The average molecular weight is 428 g/mol. The standard InChI is InChI=1S/C28H33N3O/c29-26-16-8-7-15-25(26)28(32)30-19-9-10-22-17-20-31(21-18-22)27(23-11-3-1-4-12-23)24-13-5-2-6-14-24/h1-8,11-16,22,27H,9-10,17-21,29H2,(H,30,32). The molecule has 1 heterocycles. The molecule has 1 saturated heterocycles. The minimum atomic E-state index is -0.0773. The summed E-state index contributed by atoms with van der Waals surface area (Å²) in [6.07, 6.45) is 4.56. The molecule has 1 fully saturated rings. The second-order valence-corrected chi connectivity index (χ2v) is 8.69. The van der Waals surface area contributed by atoms with E-state index < -0.39 is 0 Å². The van der Waals surface area contributed by atoms with E-state index >= 15 is 0 Å². The van der Waals surface area contributed by atoms with Gasteiger partial charge in [-0.2, -0.15) is 0 Å². The average Bonchev–Trinajstić information content (AvgIpc) is 2.84. The van der Waals surface area contributed by atoms with Gasteiger partial charge < -0.3 is 11.1 Å². The fourth-order valence-corrected chi connectivity index (χ4v) is 4.78. The van der Waals surface area contributed by atoms with Crippen molar-refractivity contribution in [1.29, 1.82) is 0 Å². The number of nitrogens with two attached hydrogens (primary N) is 1. The number of amides is 1. The van der Waals surface area contributed by atoms with Gasteiger partial charge in [-0.15, -0.1) is 0 Å². The highest BCUT2D eigenvalue weighted by molar-refractivity contribution is 5.99. The van der Waals surface area contributed by atoms with Crippen molar-refractivity contribution in [3.63, 3.8) is 0 Å². The van der Waals surface area contributed by atoms with Crippen molar-refractivity contribution in [2.24, 2.45) is 5.92 Å². The zero-order valence-corrected chi connectivity index (χ0v) is 18.6. The molecule has 4 nitrogen and oxygen atoms in total. The first-order chi connectivity index (χ1) is 15.7. The first-order valence-electron chi connectivity index (χ1n) is 11.7. The second kappa shape index (κ2) is 11.0. The molecule has 0 spiro atoms. The molecular weight excluding hydrogens is 394 g/mol. The molecule has 166 valence electrons. The summed E-state index contributed by atoms with van der Waals surface area (Å²) in [5.41, 5.74) is 9.72. The first-order valence-corrected chi connectivity index (χ1v) is 11.7. The number of anilines is 1. The molecule has 4 rings (SSSR count). The van der Waals surface area contributed by atoms with E-state index in [1.54, 1.807) is 12.1 Å². The molecule has 0 bridgehead atoms.